The van der Waals surface area contributed by atoms with Gasteiger partial charge in [0.05, 0.1) is 12.7 Å². The van der Waals surface area contributed by atoms with Gasteiger partial charge in [0.1, 0.15) is 5.75 Å². The molecule has 4 nitrogen and oxygen atoms in total. The molecule has 0 unspecified atom stereocenters. The van der Waals surface area contributed by atoms with Gasteiger partial charge in [0, 0.05) is 6.54 Å². The van der Waals surface area contributed by atoms with E-state index < -0.39 is 5.97 Å². The summed E-state index contributed by atoms with van der Waals surface area (Å²) in [7, 11) is 5.97. The number of hydrogen-bond acceptors (Lipinski definition) is 3. The molecule has 0 bridgehead atoms. The predicted molar refractivity (Wildman–Crippen MR) is 113 cm³/mol. The summed E-state index contributed by atoms with van der Waals surface area (Å²) in [4.78, 5) is 13.5. The average molecular weight is 380 g/mol. The smallest absolute Gasteiger partial charge is 0.335 e. The first-order chi connectivity index (χ1) is 13.5. The topological polar surface area (TPSA) is 49.8 Å². The number of carbonyl (C=O) groups is 1. The lowest BCUT2D eigenvalue weighted by Crippen LogP contribution is -2.29. The van der Waals surface area contributed by atoms with E-state index in [1.807, 2.05) is 18.2 Å². The summed E-state index contributed by atoms with van der Waals surface area (Å²) in [6.07, 6.45) is 5.34. The van der Waals surface area contributed by atoms with Crippen molar-refractivity contribution < 1.29 is 14.6 Å². The predicted octanol–water partition coefficient (Wildman–Crippen LogP) is 4.92. The molecule has 0 aliphatic heterocycles. The molecule has 1 aliphatic carbocycles. The highest BCUT2D eigenvalue weighted by Gasteiger charge is 2.29. The maximum absolute atomic E-state index is 11.3. The van der Waals surface area contributed by atoms with Gasteiger partial charge in [0.2, 0.25) is 0 Å². The number of ether oxygens (including phenoxy) is 1. The van der Waals surface area contributed by atoms with Gasteiger partial charge in [-0.05, 0) is 80.6 Å². The zero-order valence-corrected chi connectivity index (χ0v) is 16.9. The molecule has 1 saturated carbocycles. The number of carboxylic acid groups (broad SMARTS) is 1. The second-order valence-electron chi connectivity index (χ2n) is 7.88. The zero-order valence-electron chi connectivity index (χ0n) is 16.9. The van der Waals surface area contributed by atoms with E-state index in [-0.39, 0.29) is 0 Å². The number of carboxylic acids is 1. The van der Waals surface area contributed by atoms with Crippen molar-refractivity contribution >= 4 is 12.0 Å². The third-order valence-electron chi connectivity index (χ3n) is 5.51. The highest BCUT2D eigenvalue weighted by molar-refractivity contribution is 5.88. The van der Waals surface area contributed by atoms with Gasteiger partial charge in [-0.3, -0.25) is 0 Å². The number of aromatic carboxylic acids is 1. The Morgan fingerprint density at radius 2 is 2.00 bits per heavy atom. The van der Waals surface area contributed by atoms with Crippen molar-refractivity contribution in [2.75, 3.05) is 27.7 Å². The van der Waals surface area contributed by atoms with Gasteiger partial charge in [-0.1, -0.05) is 35.9 Å². The Balaban J connectivity index is 1.88. The summed E-state index contributed by atoms with van der Waals surface area (Å²) >= 11 is 0. The fourth-order valence-corrected chi connectivity index (χ4v) is 4.20. The minimum Gasteiger partial charge on any atom is -0.497 e. The van der Waals surface area contributed by atoms with Gasteiger partial charge in [0.15, 0.2) is 0 Å². The lowest BCUT2D eigenvalue weighted by molar-refractivity contribution is 0.0697. The Hall–Kier alpha value is -2.59. The first-order valence-electron chi connectivity index (χ1n) is 9.77. The van der Waals surface area contributed by atoms with Crippen LogP contribution >= 0.6 is 0 Å². The molecule has 2 aromatic carbocycles. The summed E-state index contributed by atoms with van der Waals surface area (Å²) < 4.78 is 5.44. The van der Waals surface area contributed by atoms with E-state index in [9.17, 15) is 9.90 Å². The Morgan fingerprint density at radius 1 is 1.21 bits per heavy atom. The fourth-order valence-electron chi connectivity index (χ4n) is 4.20. The van der Waals surface area contributed by atoms with Crippen LogP contribution in [0.4, 0.5) is 0 Å². The standard InChI is InChI=1S/C24H29NO3/c1-25(2)16-21-11-10-18(12-17-6-4-8-20(13-17)24(26)27)14-23(21)19-7-5-9-22(15-19)28-3/h4-9,12-13,15,21,23H,10-11,14,16H2,1-3H3,(H,26,27)/t21-,23-/m1/s1. The molecule has 0 saturated heterocycles. The van der Waals surface area contributed by atoms with Gasteiger partial charge in [0.25, 0.3) is 0 Å². The average Bonchev–Trinajstić information content (AvgIpc) is 2.69. The fraction of sp³-hybridized carbons (Fsp3) is 0.375. The highest BCUT2D eigenvalue weighted by Crippen LogP contribution is 2.42. The molecule has 0 spiro atoms. The minimum atomic E-state index is -0.885. The number of nitrogens with zero attached hydrogens (tertiary/aromatic N) is 1. The van der Waals surface area contributed by atoms with Gasteiger partial charge in [-0.25, -0.2) is 4.79 Å². The third kappa shape index (κ3) is 5.02. The van der Waals surface area contributed by atoms with Crippen molar-refractivity contribution in [1.82, 2.24) is 4.90 Å². The molecule has 4 heteroatoms. The quantitative estimate of drug-likeness (QED) is 0.774. The maximum atomic E-state index is 11.3. The highest BCUT2D eigenvalue weighted by atomic mass is 16.5. The van der Waals surface area contributed by atoms with Crippen LogP contribution in [0.2, 0.25) is 0 Å². The Kier molecular flexibility index (Phi) is 6.53. The van der Waals surface area contributed by atoms with Gasteiger partial charge in [-0.15, -0.1) is 0 Å². The van der Waals surface area contributed by atoms with E-state index in [1.54, 1.807) is 19.2 Å². The Labute approximate surface area is 167 Å². The van der Waals surface area contributed by atoms with Crippen LogP contribution in [0.5, 0.6) is 5.75 Å². The summed E-state index contributed by atoms with van der Waals surface area (Å²) in [5, 5.41) is 9.24. The van der Waals surface area contributed by atoms with Crippen LogP contribution in [0.25, 0.3) is 6.08 Å². The van der Waals surface area contributed by atoms with Crippen LogP contribution in [-0.2, 0) is 0 Å². The molecule has 28 heavy (non-hydrogen) atoms. The van der Waals surface area contributed by atoms with Gasteiger partial charge < -0.3 is 14.7 Å². The van der Waals surface area contributed by atoms with E-state index in [0.29, 0.717) is 17.4 Å². The number of rotatable bonds is 6. The number of benzene rings is 2. The molecule has 1 aliphatic rings. The summed E-state index contributed by atoms with van der Waals surface area (Å²) in [6.45, 7) is 1.06. The van der Waals surface area contributed by atoms with Crippen molar-refractivity contribution in [3.63, 3.8) is 0 Å². The lowest BCUT2D eigenvalue weighted by atomic mass is 9.73. The molecule has 0 radical (unpaired) electrons. The van der Waals surface area contributed by atoms with Crippen LogP contribution in [-0.4, -0.2) is 43.7 Å². The summed E-state index contributed by atoms with van der Waals surface area (Å²) in [6, 6.07) is 15.6. The largest absolute Gasteiger partial charge is 0.497 e. The normalized spacial score (nSPS) is 21.1. The monoisotopic (exact) mass is 379 g/mol. The molecule has 1 fully saturated rings. The molecule has 1 N–H and O–H groups in total. The zero-order chi connectivity index (χ0) is 20.1. The van der Waals surface area contributed by atoms with E-state index in [2.05, 4.69) is 43.3 Å². The van der Waals surface area contributed by atoms with E-state index in [4.69, 9.17) is 4.74 Å². The van der Waals surface area contributed by atoms with Crippen LogP contribution in [0.1, 0.15) is 46.7 Å². The molecule has 148 valence electrons. The Morgan fingerprint density at radius 3 is 2.71 bits per heavy atom. The third-order valence-corrected chi connectivity index (χ3v) is 5.51. The lowest BCUT2D eigenvalue weighted by Gasteiger charge is -2.35. The van der Waals surface area contributed by atoms with Crippen molar-refractivity contribution in [2.45, 2.75) is 25.2 Å². The molecular formula is C24H29NO3. The Bertz CT molecular complexity index is 856. The number of methoxy groups -OCH3 is 1. The second-order valence-corrected chi connectivity index (χ2v) is 7.88. The molecule has 0 amide bonds. The van der Waals surface area contributed by atoms with Crippen molar-refractivity contribution in [2.24, 2.45) is 5.92 Å². The summed E-state index contributed by atoms with van der Waals surface area (Å²) in [5.41, 5.74) is 3.99. The molecule has 2 aromatic rings. The summed E-state index contributed by atoms with van der Waals surface area (Å²) in [5.74, 6) is 1.03. The SMILES string of the molecule is COc1cccc([C@H]2CC(=Cc3cccc(C(=O)O)c3)CC[C@@H]2CN(C)C)c1. The minimum absolute atomic E-state index is 0.333. The maximum Gasteiger partial charge on any atom is 0.335 e. The first-order valence-corrected chi connectivity index (χ1v) is 9.77. The first kappa shape index (κ1) is 20.2. The van der Waals surface area contributed by atoms with E-state index in [0.717, 1.165) is 37.1 Å². The van der Waals surface area contributed by atoms with Gasteiger partial charge >= 0.3 is 5.97 Å². The molecule has 2 atom stereocenters. The number of hydrogen-bond donors (Lipinski definition) is 1. The number of allylic oxidation sites excluding steroid dienone is 1. The van der Waals surface area contributed by atoms with Crippen LogP contribution in [0.15, 0.2) is 54.1 Å². The van der Waals surface area contributed by atoms with E-state index >= 15 is 0 Å². The van der Waals surface area contributed by atoms with Crippen molar-refractivity contribution in [3.8, 4) is 5.75 Å². The van der Waals surface area contributed by atoms with Crippen LogP contribution in [0, 0.1) is 5.92 Å². The van der Waals surface area contributed by atoms with E-state index in [1.165, 1.54) is 11.1 Å². The molecule has 3 rings (SSSR count). The van der Waals surface area contributed by atoms with Crippen LogP contribution in [0.3, 0.4) is 0 Å². The molecule has 0 heterocycles. The van der Waals surface area contributed by atoms with Gasteiger partial charge in [-0.2, -0.15) is 0 Å². The molecule has 0 aromatic heterocycles. The second kappa shape index (κ2) is 9.07. The van der Waals surface area contributed by atoms with Crippen molar-refractivity contribution in [3.05, 3.63) is 70.8 Å². The van der Waals surface area contributed by atoms with Crippen LogP contribution < -0.4 is 4.74 Å². The van der Waals surface area contributed by atoms with Crippen molar-refractivity contribution in [1.29, 1.82) is 0 Å². The molecular weight excluding hydrogens is 350 g/mol.